The number of halogens is 2. The van der Waals surface area contributed by atoms with E-state index in [1.807, 2.05) is 0 Å². The summed E-state index contributed by atoms with van der Waals surface area (Å²) in [7, 11) is -0.139. The fourth-order valence-electron chi connectivity index (χ4n) is 4.92. The molecule has 6 heterocycles. The van der Waals surface area contributed by atoms with E-state index in [1.54, 1.807) is 6.07 Å². The van der Waals surface area contributed by atoms with E-state index in [2.05, 4.69) is 37.2 Å². The van der Waals surface area contributed by atoms with Crippen LogP contribution in [0, 0.1) is 0 Å². The Morgan fingerprint density at radius 2 is 1.87 bits per heavy atom. The Bertz CT molecular complexity index is 1800. The summed E-state index contributed by atoms with van der Waals surface area (Å²) < 4.78 is 63.7. The lowest BCUT2D eigenvalue weighted by Gasteiger charge is -2.26. The van der Waals surface area contributed by atoms with Crippen LogP contribution in [0.5, 0.6) is 0 Å². The number of hydrogen-bond acceptors (Lipinski definition) is 15. The Hall–Kier alpha value is -2.75. The molecule has 0 spiro atoms. The third-order valence-corrected chi connectivity index (χ3v) is 8.49. The summed E-state index contributed by atoms with van der Waals surface area (Å²) in [5.41, 5.74) is 10.8. The molecule has 0 bridgehead atoms. The maximum atomic E-state index is 15.3. The highest BCUT2D eigenvalue weighted by Crippen LogP contribution is 2.51. The minimum Gasteiger partial charge on any atom is -0.394 e. The van der Waals surface area contributed by atoms with Crippen LogP contribution >= 0.6 is 26.6 Å². The highest BCUT2D eigenvalue weighted by atomic mass is 32.7. The predicted molar refractivity (Wildman–Crippen MR) is 159 cm³/mol. The molecule has 2 saturated heterocycles. The van der Waals surface area contributed by atoms with E-state index in [9.17, 15) is 19.9 Å². The summed E-state index contributed by atoms with van der Waals surface area (Å²) in [6.45, 7) is -5.73. The second-order valence-corrected chi connectivity index (χ2v) is 13.0. The van der Waals surface area contributed by atoms with Gasteiger partial charge in [0.15, 0.2) is 36.0 Å². The van der Waals surface area contributed by atoms with E-state index in [0.717, 1.165) is 10.9 Å². The molecule has 1 unspecified atom stereocenters. The van der Waals surface area contributed by atoms with Crippen LogP contribution in [0.4, 0.5) is 20.5 Å². The highest BCUT2D eigenvalue weighted by molar-refractivity contribution is 8.33. The number of H-pyrrole nitrogens is 1. The van der Waals surface area contributed by atoms with Crippen molar-refractivity contribution in [3.63, 3.8) is 0 Å². The van der Waals surface area contributed by atoms with Crippen LogP contribution in [0.15, 0.2) is 29.7 Å². The number of nitrogens with one attached hydrogen (secondary N) is 1. The molecule has 9 atom stereocenters. The zero-order valence-electron chi connectivity index (χ0n) is 22.5. The molecule has 2 aliphatic heterocycles. The van der Waals surface area contributed by atoms with Gasteiger partial charge >= 0.3 is 6.72 Å². The minimum absolute atomic E-state index is 0.0835. The number of fused-ring (bicyclic) bond motifs is 2. The number of alkyl halides is 2. The number of thiol groups is 1. The van der Waals surface area contributed by atoms with Crippen molar-refractivity contribution in [3.8, 4) is 0 Å². The van der Waals surface area contributed by atoms with Crippen molar-refractivity contribution < 1.29 is 47.0 Å². The first-order chi connectivity index (χ1) is 21.4. The van der Waals surface area contributed by atoms with Crippen molar-refractivity contribution in [1.82, 2.24) is 34.1 Å². The van der Waals surface area contributed by atoms with Crippen molar-refractivity contribution >= 4 is 72.4 Å². The van der Waals surface area contributed by atoms with Crippen molar-refractivity contribution in [1.29, 1.82) is 0 Å². The van der Waals surface area contributed by atoms with Gasteiger partial charge in [0.1, 0.15) is 42.2 Å². The van der Waals surface area contributed by atoms with Crippen molar-refractivity contribution in [2.75, 3.05) is 24.7 Å². The van der Waals surface area contributed by atoms with E-state index in [-0.39, 0.29) is 36.2 Å². The number of nitrogens with zero attached hydrogens (tertiary/aromatic N) is 6. The monoisotopic (exact) mass is 711 g/mol. The molecule has 45 heavy (non-hydrogen) atoms. The van der Waals surface area contributed by atoms with Gasteiger partial charge in [0, 0.05) is 6.20 Å². The number of imidazole rings is 1. The van der Waals surface area contributed by atoms with Crippen LogP contribution in [-0.4, -0.2) is 99.1 Å². The van der Waals surface area contributed by atoms with Gasteiger partial charge in [-0.25, -0.2) is 23.7 Å². The van der Waals surface area contributed by atoms with Crippen LogP contribution in [-0.2, 0) is 34.9 Å². The molecule has 2 fully saturated rings. The normalized spacial score (nSPS) is 29.6. The largest absolute Gasteiger partial charge is 0.394 e. The molecule has 0 aliphatic carbocycles. The summed E-state index contributed by atoms with van der Waals surface area (Å²) in [4.78, 5) is 41.2. The lowest BCUT2D eigenvalue weighted by atomic mass is 10.1. The molecule has 18 nitrogen and oxygen atoms in total. The molecular weight excluding hydrogens is 686 g/mol. The van der Waals surface area contributed by atoms with Gasteiger partial charge in [-0.2, -0.15) is 4.98 Å². The van der Waals surface area contributed by atoms with E-state index in [1.165, 1.54) is 17.1 Å². The van der Waals surface area contributed by atoms with Crippen LogP contribution < -0.4 is 17.0 Å². The summed E-state index contributed by atoms with van der Waals surface area (Å²) >= 11 is 8.28. The number of nitrogen functional groups attached to an aromatic ring is 2. The molecule has 4 aromatic heterocycles. The number of aliphatic hydroxyl groups excluding tert-OH is 2. The van der Waals surface area contributed by atoms with Crippen molar-refractivity contribution in [3.05, 3.63) is 35.3 Å². The van der Waals surface area contributed by atoms with Gasteiger partial charge in [0.2, 0.25) is 13.6 Å². The number of nitrogens with two attached hydrogens (primary N) is 2. The standard InChI is InChI=1S/C21H24F2N9O8PS.HOPS/c22-10-8(3-33)38-20(32-6-28-12-17(32)29-21(25)30-18(12)35)14(10)40-41(36,42)37-4-9-13(34)11(23)19(39-9)31-2-1-7-15(24)26-5-27-16(7)31;1-2-3/h1-2,5-6,8-11,13-14,19-20,33-34H,3-4H2,(H,36,42)(H2,24,26,27)(H3,25,29,30,35);(H,1,3)/t8-,9-,10-,11+,13-,14-,19-,20-,41?;/m1./s1. The van der Waals surface area contributed by atoms with E-state index >= 15 is 8.78 Å². The summed E-state index contributed by atoms with van der Waals surface area (Å²) in [6, 6.07) is 1.56. The second-order valence-electron chi connectivity index (χ2n) is 9.60. The van der Waals surface area contributed by atoms with E-state index in [4.69, 9.17) is 46.4 Å². The number of anilines is 2. The molecule has 24 heteroatoms. The van der Waals surface area contributed by atoms with Gasteiger partial charge < -0.3 is 45.1 Å². The number of rotatable bonds is 8. The molecular formula is C21H25F2N9O9P2S2. The van der Waals surface area contributed by atoms with Crippen molar-refractivity contribution in [2.24, 2.45) is 0 Å². The predicted octanol–water partition coefficient (Wildman–Crippen LogP) is 0.295. The van der Waals surface area contributed by atoms with Gasteiger partial charge in [-0.15, -0.1) is 0 Å². The first-order valence-electron chi connectivity index (χ1n) is 12.7. The zero-order chi connectivity index (χ0) is 32.6. The number of ether oxygens (including phenoxy) is 2. The second kappa shape index (κ2) is 13.5. The van der Waals surface area contributed by atoms with Gasteiger partial charge in [-0.3, -0.25) is 23.4 Å². The van der Waals surface area contributed by atoms with Crippen molar-refractivity contribution in [2.45, 2.75) is 49.2 Å². The highest BCUT2D eigenvalue weighted by Gasteiger charge is 2.50. The van der Waals surface area contributed by atoms with Gasteiger partial charge in [-0.1, -0.05) is 12.2 Å². The third-order valence-electron chi connectivity index (χ3n) is 6.93. The Morgan fingerprint density at radius 1 is 1.16 bits per heavy atom. The fourth-order valence-corrected chi connectivity index (χ4v) is 6.33. The summed E-state index contributed by atoms with van der Waals surface area (Å²) in [6.07, 6.45) is -9.04. The molecule has 8 N–H and O–H groups in total. The first kappa shape index (κ1) is 33.6. The maximum absolute atomic E-state index is 15.3. The lowest BCUT2D eigenvalue weighted by Crippen LogP contribution is -2.33. The van der Waals surface area contributed by atoms with E-state index in [0.29, 0.717) is 5.39 Å². The first-order valence-corrected chi connectivity index (χ1v) is 17.3. The average molecular weight is 712 g/mol. The summed E-state index contributed by atoms with van der Waals surface area (Å²) in [5, 5.41) is 20.6. The minimum atomic E-state index is -4.33. The van der Waals surface area contributed by atoms with Crippen LogP contribution in [0.25, 0.3) is 22.2 Å². The van der Waals surface area contributed by atoms with Gasteiger partial charge in [0.25, 0.3) is 5.56 Å². The molecule has 6 rings (SSSR count). The molecule has 0 aromatic carbocycles. The molecule has 244 valence electrons. The lowest BCUT2D eigenvalue weighted by molar-refractivity contribution is -0.0552. The topological polar surface area (TPSA) is 261 Å². The maximum Gasteiger partial charge on any atom is 0.325 e. The molecule has 4 aromatic rings. The zero-order valence-corrected chi connectivity index (χ0v) is 26.0. The number of aliphatic hydroxyl groups is 2. The average Bonchev–Trinajstić information content (AvgIpc) is 3.74. The Morgan fingerprint density at radius 3 is 2.58 bits per heavy atom. The van der Waals surface area contributed by atoms with Gasteiger partial charge in [-0.05, 0) is 17.9 Å². The van der Waals surface area contributed by atoms with Crippen LogP contribution in [0.1, 0.15) is 12.5 Å². The Kier molecular flexibility index (Phi) is 10.1. The SMILES string of the molecule is Nc1nc2c(ncn2[C@@H]2O[C@H](CO)[C@@H](F)[C@H]2OP(O)(=S)OC[C@H]2O[C@@H](n3ccc4c(N)ncnc43)[C@@H](F)[C@@H]2O)c(=O)[nH]1.O=PS. The Balaban J connectivity index is 0.00000128. The summed E-state index contributed by atoms with van der Waals surface area (Å²) in [5.74, 6) is -0.0801. The smallest absolute Gasteiger partial charge is 0.325 e. The molecule has 0 amide bonds. The third kappa shape index (κ3) is 6.58. The van der Waals surface area contributed by atoms with E-state index < -0.39 is 74.7 Å². The van der Waals surface area contributed by atoms with Crippen LogP contribution in [0.2, 0.25) is 0 Å². The van der Waals surface area contributed by atoms with Crippen LogP contribution in [0.3, 0.4) is 0 Å². The fraction of sp³-hybridized carbons (Fsp3) is 0.476. The number of hydrogen-bond donors (Lipinski definition) is 7. The Labute approximate surface area is 262 Å². The molecule has 0 radical (unpaired) electrons. The quantitative estimate of drug-likeness (QED) is 0.0957. The molecule has 0 saturated carbocycles. The van der Waals surface area contributed by atoms with Gasteiger partial charge in [0.05, 0.1) is 24.9 Å². The number of aromatic nitrogens is 7. The number of aromatic amines is 1. The molecule has 2 aliphatic rings.